The van der Waals surface area contributed by atoms with Gasteiger partial charge in [0, 0.05) is 13.6 Å². The Balaban J connectivity index is 2.20. The minimum atomic E-state index is -0.456. The third kappa shape index (κ3) is 3.15. The van der Waals surface area contributed by atoms with E-state index in [1.807, 2.05) is 30.3 Å². The summed E-state index contributed by atoms with van der Waals surface area (Å²) in [6, 6.07) is 13.5. The number of ether oxygens (including phenoxy) is 1. The van der Waals surface area contributed by atoms with E-state index in [-0.39, 0.29) is 11.5 Å². The standard InChI is InChI=1S/C16H16FNO2/c1-18(11-12-6-4-3-5-7-12)16(19)14-10-13(17)8-9-15(14)20-2/h3-10H,11H2,1-2H3. The lowest BCUT2D eigenvalue weighted by Gasteiger charge is -2.18. The van der Waals surface area contributed by atoms with Gasteiger partial charge in [-0.2, -0.15) is 0 Å². The molecule has 2 aromatic carbocycles. The van der Waals surface area contributed by atoms with Crippen molar-refractivity contribution in [2.45, 2.75) is 6.54 Å². The second kappa shape index (κ2) is 6.19. The molecule has 0 spiro atoms. The SMILES string of the molecule is COc1ccc(F)cc1C(=O)N(C)Cc1ccccc1. The predicted molar refractivity (Wildman–Crippen MR) is 75.2 cm³/mol. The fourth-order valence-electron chi connectivity index (χ4n) is 1.98. The lowest BCUT2D eigenvalue weighted by Crippen LogP contribution is -2.26. The van der Waals surface area contributed by atoms with Gasteiger partial charge in [-0.1, -0.05) is 30.3 Å². The second-order valence-corrected chi connectivity index (χ2v) is 4.49. The summed E-state index contributed by atoms with van der Waals surface area (Å²) in [5, 5.41) is 0. The topological polar surface area (TPSA) is 29.5 Å². The van der Waals surface area contributed by atoms with Gasteiger partial charge in [0.25, 0.3) is 5.91 Å². The number of carbonyl (C=O) groups excluding carboxylic acids is 1. The first-order valence-corrected chi connectivity index (χ1v) is 6.24. The molecule has 0 atom stereocenters. The molecule has 0 fully saturated rings. The number of methoxy groups -OCH3 is 1. The zero-order valence-corrected chi connectivity index (χ0v) is 11.5. The molecule has 0 aliphatic rings. The van der Waals surface area contributed by atoms with Crippen LogP contribution < -0.4 is 4.74 Å². The van der Waals surface area contributed by atoms with Crippen molar-refractivity contribution in [3.63, 3.8) is 0 Å². The number of nitrogens with zero attached hydrogens (tertiary/aromatic N) is 1. The molecule has 2 aromatic rings. The van der Waals surface area contributed by atoms with Crippen LogP contribution in [0, 0.1) is 5.82 Å². The Kier molecular flexibility index (Phi) is 4.35. The average Bonchev–Trinajstić information content (AvgIpc) is 2.47. The summed E-state index contributed by atoms with van der Waals surface area (Å²) in [7, 11) is 3.14. The van der Waals surface area contributed by atoms with Crippen molar-refractivity contribution in [1.29, 1.82) is 0 Å². The highest BCUT2D eigenvalue weighted by atomic mass is 19.1. The largest absolute Gasteiger partial charge is 0.496 e. The summed E-state index contributed by atoms with van der Waals surface area (Å²) in [5.41, 5.74) is 1.24. The molecular formula is C16H16FNO2. The Morgan fingerprint density at radius 1 is 1.20 bits per heavy atom. The Labute approximate surface area is 117 Å². The van der Waals surface area contributed by atoms with Gasteiger partial charge in [0.05, 0.1) is 12.7 Å². The Bertz CT molecular complexity index is 599. The number of carbonyl (C=O) groups is 1. The van der Waals surface area contributed by atoms with Gasteiger partial charge in [0.2, 0.25) is 0 Å². The van der Waals surface area contributed by atoms with Crippen molar-refractivity contribution in [2.24, 2.45) is 0 Å². The van der Waals surface area contributed by atoms with Crippen LogP contribution in [0.2, 0.25) is 0 Å². The van der Waals surface area contributed by atoms with Gasteiger partial charge < -0.3 is 9.64 Å². The number of hydrogen-bond acceptors (Lipinski definition) is 2. The number of benzene rings is 2. The first-order valence-electron chi connectivity index (χ1n) is 6.24. The molecule has 0 heterocycles. The normalized spacial score (nSPS) is 10.2. The van der Waals surface area contributed by atoms with Crippen LogP contribution in [0.15, 0.2) is 48.5 Å². The van der Waals surface area contributed by atoms with E-state index in [9.17, 15) is 9.18 Å². The molecule has 0 saturated heterocycles. The number of hydrogen-bond donors (Lipinski definition) is 0. The van der Waals surface area contributed by atoms with Crippen molar-refractivity contribution < 1.29 is 13.9 Å². The summed E-state index contributed by atoms with van der Waals surface area (Å²) in [6.07, 6.45) is 0. The fraction of sp³-hybridized carbons (Fsp3) is 0.188. The highest BCUT2D eigenvalue weighted by molar-refractivity contribution is 5.96. The predicted octanol–water partition coefficient (Wildman–Crippen LogP) is 3.11. The van der Waals surface area contributed by atoms with E-state index < -0.39 is 5.82 Å². The van der Waals surface area contributed by atoms with E-state index in [1.54, 1.807) is 7.05 Å². The van der Waals surface area contributed by atoms with Crippen molar-refractivity contribution in [1.82, 2.24) is 4.90 Å². The molecule has 0 radical (unpaired) electrons. The molecule has 0 aromatic heterocycles. The molecule has 0 saturated carbocycles. The monoisotopic (exact) mass is 273 g/mol. The van der Waals surface area contributed by atoms with Gasteiger partial charge in [-0.05, 0) is 23.8 Å². The van der Waals surface area contributed by atoms with Gasteiger partial charge in [-0.3, -0.25) is 4.79 Å². The van der Waals surface area contributed by atoms with Crippen LogP contribution in [0.5, 0.6) is 5.75 Å². The minimum absolute atomic E-state index is 0.228. The van der Waals surface area contributed by atoms with Gasteiger partial charge in [-0.15, -0.1) is 0 Å². The lowest BCUT2D eigenvalue weighted by molar-refractivity contribution is 0.0781. The molecule has 0 N–H and O–H groups in total. The molecule has 4 heteroatoms. The second-order valence-electron chi connectivity index (χ2n) is 4.49. The van der Waals surface area contributed by atoms with Crippen LogP contribution in [-0.4, -0.2) is 25.0 Å². The van der Waals surface area contributed by atoms with Crippen LogP contribution in [0.3, 0.4) is 0 Å². The summed E-state index contributed by atoms with van der Waals surface area (Å²) in [4.78, 5) is 13.9. The molecule has 104 valence electrons. The third-order valence-electron chi connectivity index (χ3n) is 3.00. The molecule has 0 bridgehead atoms. The molecule has 0 unspecified atom stereocenters. The summed E-state index contributed by atoms with van der Waals surface area (Å²) < 4.78 is 18.4. The zero-order chi connectivity index (χ0) is 14.5. The first kappa shape index (κ1) is 14.1. The van der Waals surface area contributed by atoms with Crippen molar-refractivity contribution in [2.75, 3.05) is 14.2 Å². The molecular weight excluding hydrogens is 257 g/mol. The number of amides is 1. The van der Waals surface area contributed by atoms with Crippen molar-refractivity contribution in [3.8, 4) is 5.75 Å². The fourth-order valence-corrected chi connectivity index (χ4v) is 1.98. The molecule has 0 aliphatic heterocycles. The van der Waals surface area contributed by atoms with Crippen LogP contribution in [0.25, 0.3) is 0 Å². The molecule has 0 aliphatic carbocycles. The average molecular weight is 273 g/mol. The van der Waals surface area contributed by atoms with E-state index in [0.29, 0.717) is 12.3 Å². The first-order chi connectivity index (χ1) is 9.61. The van der Waals surface area contributed by atoms with Gasteiger partial charge >= 0.3 is 0 Å². The Morgan fingerprint density at radius 3 is 2.55 bits per heavy atom. The van der Waals surface area contributed by atoms with Crippen LogP contribution in [0.4, 0.5) is 4.39 Å². The van der Waals surface area contributed by atoms with Crippen LogP contribution in [-0.2, 0) is 6.54 Å². The lowest BCUT2D eigenvalue weighted by atomic mass is 10.1. The van der Waals surface area contributed by atoms with Crippen LogP contribution >= 0.6 is 0 Å². The third-order valence-corrected chi connectivity index (χ3v) is 3.00. The van der Waals surface area contributed by atoms with Gasteiger partial charge in [-0.25, -0.2) is 4.39 Å². The summed E-state index contributed by atoms with van der Waals surface area (Å²) in [5.74, 6) is -0.358. The molecule has 1 amide bonds. The minimum Gasteiger partial charge on any atom is -0.496 e. The maximum absolute atomic E-state index is 13.3. The smallest absolute Gasteiger partial charge is 0.257 e. The van der Waals surface area contributed by atoms with E-state index >= 15 is 0 Å². The van der Waals surface area contributed by atoms with Crippen LogP contribution in [0.1, 0.15) is 15.9 Å². The molecule has 3 nitrogen and oxygen atoms in total. The van der Waals surface area contributed by atoms with E-state index in [2.05, 4.69) is 0 Å². The Hall–Kier alpha value is -2.36. The van der Waals surface area contributed by atoms with E-state index in [0.717, 1.165) is 5.56 Å². The quantitative estimate of drug-likeness (QED) is 0.856. The molecule has 2 rings (SSSR count). The summed E-state index contributed by atoms with van der Waals surface area (Å²) in [6.45, 7) is 0.458. The Morgan fingerprint density at radius 2 is 1.90 bits per heavy atom. The number of halogens is 1. The van der Waals surface area contributed by atoms with Crippen molar-refractivity contribution >= 4 is 5.91 Å². The van der Waals surface area contributed by atoms with E-state index in [1.165, 1.54) is 30.2 Å². The zero-order valence-electron chi connectivity index (χ0n) is 11.5. The van der Waals surface area contributed by atoms with Crippen molar-refractivity contribution in [3.05, 3.63) is 65.5 Å². The molecule has 20 heavy (non-hydrogen) atoms. The van der Waals surface area contributed by atoms with Gasteiger partial charge in [0.1, 0.15) is 11.6 Å². The van der Waals surface area contributed by atoms with E-state index in [4.69, 9.17) is 4.74 Å². The highest BCUT2D eigenvalue weighted by Gasteiger charge is 2.17. The van der Waals surface area contributed by atoms with Gasteiger partial charge in [0.15, 0.2) is 0 Å². The summed E-state index contributed by atoms with van der Waals surface area (Å²) >= 11 is 0. The maximum atomic E-state index is 13.3. The highest BCUT2D eigenvalue weighted by Crippen LogP contribution is 2.21. The number of rotatable bonds is 4. The maximum Gasteiger partial charge on any atom is 0.257 e.